The molecule has 8 nitrogen and oxygen atoms in total. The fourth-order valence-electron chi connectivity index (χ4n) is 3.41. The summed E-state index contributed by atoms with van der Waals surface area (Å²) in [5.41, 5.74) is 3.44. The van der Waals surface area contributed by atoms with Gasteiger partial charge in [-0.3, -0.25) is 14.3 Å². The van der Waals surface area contributed by atoms with Gasteiger partial charge in [-0.25, -0.2) is 4.68 Å². The third kappa shape index (κ3) is 4.59. The number of anilines is 1. The average molecular weight is 429 g/mol. The van der Waals surface area contributed by atoms with Gasteiger partial charge in [-0.1, -0.05) is 18.2 Å². The van der Waals surface area contributed by atoms with Crippen LogP contribution in [-0.4, -0.2) is 25.5 Å². The number of nitrogens with zero attached hydrogens (tertiary/aromatic N) is 4. The van der Waals surface area contributed by atoms with Crippen LogP contribution in [-0.2, 0) is 18.4 Å². The molecule has 0 radical (unpaired) electrons. The molecule has 0 atom stereocenters. The first-order valence-corrected chi connectivity index (χ1v) is 10.1. The minimum atomic E-state index is -0.354. The van der Waals surface area contributed by atoms with Gasteiger partial charge >= 0.3 is 0 Å². The minimum Gasteiger partial charge on any atom is -0.457 e. The standard InChI is InChI=1S/C24H23N5O3/c1-16-24(17(2)28(3)26-16)21-13-14-23(31)29(27-21)15-22(30)25-18-9-11-20(12-10-18)32-19-7-5-4-6-8-19/h4-14H,15H2,1-3H3,(H,25,30). The Labute approximate surface area is 185 Å². The molecule has 0 saturated carbocycles. The predicted octanol–water partition coefficient (Wildman–Crippen LogP) is 3.69. The normalized spacial score (nSPS) is 10.7. The predicted molar refractivity (Wildman–Crippen MR) is 122 cm³/mol. The molecule has 4 rings (SSSR count). The van der Waals surface area contributed by atoms with Gasteiger partial charge < -0.3 is 10.1 Å². The van der Waals surface area contributed by atoms with E-state index in [2.05, 4.69) is 15.5 Å². The molecule has 0 unspecified atom stereocenters. The number of aryl methyl sites for hydroxylation is 2. The van der Waals surface area contributed by atoms with Gasteiger partial charge in [-0.2, -0.15) is 10.2 Å². The van der Waals surface area contributed by atoms with E-state index in [0.717, 1.165) is 27.4 Å². The van der Waals surface area contributed by atoms with Crippen LogP contribution >= 0.6 is 0 Å². The molecule has 4 aromatic rings. The number of ether oxygens (including phenoxy) is 1. The van der Waals surface area contributed by atoms with Crippen molar-refractivity contribution in [3.63, 3.8) is 0 Å². The summed E-state index contributed by atoms with van der Waals surface area (Å²) >= 11 is 0. The smallest absolute Gasteiger partial charge is 0.267 e. The number of hydrogen-bond acceptors (Lipinski definition) is 5. The van der Waals surface area contributed by atoms with Crippen molar-refractivity contribution >= 4 is 11.6 Å². The highest BCUT2D eigenvalue weighted by Gasteiger charge is 2.15. The lowest BCUT2D eigenvalue weighted by Crippen LogP contribution is -2.29. The first-order valence-electron chi connectivity index (χ1n) is 10.1. The Balaban J connectivity index is 1.45. The summed E-state index contributed by atoms with van der Waals surface area (Å²) in [5.74, 6) is 1.03. The second kappa shape index (κ2) is 8.89. The van der Waals surface area contributed by atoms with E-state index in [9.17, 15) is 9.59 Å². The van der Waals surface area contributed by atoms with Gasteiger partial charge in [-0.15, -0.1) is 0 Å². The Bertz CT molecular complexity index is 1310. The molecule has 2 aromatic heterocycles. The Morgan fingerprint density at radius 2 is 1.62 bits per heavy atom. The van der Waals surface area contributed by atoms with E-state index in [1.54, 1.807) is 35.0 Å². The maximum Gasteiger partial charge on any atom is 0.267 e. The van der Waals surface area contributed by atoms with Crippen molar-refractivity contribution in [1.29, 1.82) is 0 Å². The number of carbonyl (C=O) groups is 1. The summed E-state index contributed by atoms with van der Waals surface area (Å²) in [4.78, 5) is 24.8. The van der Waals surface area contributed by atoms with E-state index in [1.165, 1.54) is 6.07 Å². The van der Waals surface area contributed by atoms with Crippen molar-refractivity contribution in [3.8, 4) is 22.8 Å². The molecule has 1 amide bonds. The fraction of sp³-hybridized carbons (Fsp3) is 0.167. The molecule has 0 aliphatic rings. The van der Waals surface area contributed by atoms with Crippen LogP contribution in [0.5, 0.6) is 11.5 Å². The lowest BCUT2D eigenvalue weighted by molar-refractivity contribution is -0.117. The van der Waals surface area contributed by atoms with Gasteiger partial charge in [0.25, 0.3) is 5.56 Å². The molecule has 2 aromatic carbocycles. The van der Waals surface area contributed by atoms with Gasteiger partial charge in [-0.05, 0) is 56.3 Å². The van der Waals surface area contributed by atoms with Gasteiger partial charge in [0, 0.05) is 30.1 Å². The molecule has 0 aliphatic carbocycles. The average Bonchev–Trinajstić information content (AvgIpc) is 3.03. The van der Waals surface area contributed by atoms with Crippen LogP contribution < -0.4 is 15.6 Å². The van der Waals surface area contributed by atoms with E-state index in [1.807, 2.05) is 51.2 Å². The van der Waals surface area contributed by atoms with Gasteiger partial charge in [0.1, 0.15) is 18.0 Å². The summed E-state index contributed by atoms with van der Waals surface area (Å²) < 4.78 is 8.67. The highest BCUT2D eigenvalue weighted by Crippen LogP contribution is 2.24. The Morgan fingerprint density at radius 1 is 0.938 bits per heavy atom. The van der Waals surface area contributed by atoms with Crippen molar-refractivity contribution in [1.82, 2.24) is 19.6 Å². The molecule has 8 heteroatoms. The second-order valence-corrected chi connectivity index (χ2v) is 7.37. The molecule has 0 saturated heterocycles. The number of rotatable bonds is 6. The number of aromatic nitrogens is 4. The molecule has 0 spiro atoms. The molecule has 162 valence electrons. The van der Waals surface area contributed by atoms with Crippen molar-refractivity contribution in [3.05, 3.63) is 88.5 Å². The van der Waals surface area contributed by atoms with Crippen LogP contribution in [0.15, 0.2) is 71.5 Å². The minimum absolute atomic E-state index is 0.201. The first-order chi connectivity index (χ1) is 15.4. The first kappa shape index (κ1) is 21.0. The van der Waals surface area contributed by atoms with E-state index >= 15 is 0 Å². The van der Waals surface area contributed by atoms with Crippen LogP contribution in [0, 0.1) is 13.8 Å². The van der Waals surface area contributed by atoms with Crippen molar-refractivity contribution in [2.24, 2.45) is 7.05 Å². The number of para-hydroxylation sites is 1. The van der Waals surface area contributed by atoms with E-state index < -0.39 is 0 Å². The fourth-order valence-corrected chi connectivity index (χ4v) is 3.41. The maximum absolute atomic E-state index is 12.5. The quantitative estimate of drug-likeness (QED) is 0.505. The lowest BCUT2D eigenvalue weighted by atomic mass is 10.1. The van der Waals surface area contributed by atoms with Crippen molar-refractivity contribution < 1.29 is 9.53 Å². The third-order valence-electron chi connectivity index (χ3n) is 5.04. The number of nitrogens with one attached hydrogen (secondary N) is 1. The van der Waals surface area contributed by atoms with Crippen molar-refractivity contribution in [2.75, 3.05) is 5.32 Å². The molecule has 32 heavy (non-hydrogen) atoms. The number of benzene rings is 2. The zero-order chi connectivity index (χ0) is 22.7. The number of amides is 1. The summed E-state index contributed by atoms with van der Waals surface area (Å²) in [5, 5.41) is 11.6. The molecule has 0 fully saturated rings. The van der Waals surface area contributed by atoms with Crippen LogP contribution in [0.2, 0.25) is 0 Å². The topological polar surface area (TPSA) is 91.0 Å². The molecular formula is C24H23N5O3. The summed E-state index contributed by atoms with van der Waals surface area (Å²) in [6, 6.07) is 19.5. The maximum atomic E-state index is 12.5. The zero-order valence-corrected chi connectivity index (χ0v) is 18.1. The SMILES string of the molecule is Cc1nn(C)c(C)c1-c1ccc(=O)n(CC(=O)Nc2ccc(Oc3ccccc3)cc2)n1. The summed E-state index contributed by atoms with van der Waals surface area (Å²) in [7, 11) is 1.85. The molecular weight excluding hydrogens is 406 g/mol. The van der Waals surface area contributed by atoms with E-state index in [4.69, 9.17) is 4.74 Å². The highest BCUT2D eigenvalue weighted by molar-refractivity contribution is 5.90. The lowest BCUT2D eigenvalue weighted by Gasteiger charge is -2.10. The van der Waals surface area contributed by atoms with E-state index in [-0.39, 0.29) is 18.0 Å². The van der Waals surface area contributed by atoms with Crippen LogP contribution in [0.1, 0.15) is 11.4 Å². The zero-order valence-electron chi connectivity index (χ0n) is 18.1. The van der Waals surface area contributed by atoms with Crippen LogP contribution in [0.4, 0.5) is 5.69 Å². The Kier molecular flexibility index (Phi) is 5.85. The summed E-state index contributed by atoms with van der Waals surface area (Å²) in [6.45, 7) is 3.62. The Morgan fingerprint density at radius 3 is 2.28 bits per heavy atom. The van der Waals surface area contributed by atoms with Crippen LogP contribution in [0.25, 0.3) is 11.3 Å². The number of carbonyl (C=O) groups excluding carboxylic acids is 1. The second-order valence-electron chi connectivity index (χ2n) is 7.37. The molecule has 1 N–H and O–H groups in total. The Hall–Kier alpha value is -4.20. The van der Waals surface area contributed by atoms with Gasteiger partial charge in [0.05, 0.1) is 11.4 Å². The van der Waals surface area contributed by atoms with E-state index in [0.29, 0.717) is 17.1 Å². The van der Waals surface area contributed by atoms with Crippen LogP contribution in [0.3, 0.4) is 0 Å². The third-order valence-corrected chi connectivity index (χ3v) is 5.04. The monoisotopic (exact) mass is 429 g/mol. The highest BCUT2D eigenvalue weighted by atomic mass is 16.5. The molecule has 0 aliphatic heterocycles. The number of hydrogen-bond donors (Lipinski definition) is 1. The van der Waals surface area contributed by atoms with Crippen molar-refractivity contribution in [2.45, 2.75) is 20.4 Å². The van der Waals surface area contributed by atoms with Gasteiger partial charge in [0.15, 0.2) is 0 Å². The largest absolute Gasteiger partial charge is 0.457 e. The summed E-state index contributed by atoms with van der Waals surface area (Å²) in [6.07, 6.45) is 0. The molecule has 2 heterocycles. The van der Waals surface area contributed by atoms with Gasteiger partial charge in [0.2, 0.25) is 5.91 Å². The molecule has 0 bridgehead atoms.